The lowest BCUT2D eigenvalue weighted by atomic mass is 9.98. The van der Waals surface area contributed by atoms with Gasteiger partial charge in [-0.15, -0.1) is 0 Å². The summed E-state index contributed by atoms with van der Waals surface area (Å²) in [4.78, 5) is 2.21. The largest absolute Gasteiger partial charge is 0.396 e. The van der Waals surface area contributed by atoms with Gasteiger partial charge in [-0.3, -0.25) is 0 Å². The van der Waals surface area contributed by atoms with Crippen LogP contribution < -0.4 is 4.90 Å². The van der Waals surface area contributed by atoms with Crippen molar-refractivity contribution in [3.63, 3.8) is 0 Å². The number of aromatic nitrogens is 1. The second-order valence-corrected chi connectivity index (χ2v) is 4.86. The molecule has 0 amide bonds. The average molecular weight is 224 g/mol. The Labute approximate surface area is 96.2 Å². The molecule has 0 unspecified atom stereocenters. The van der Waals surface area contributed by atoms with Gasteiger partial charge in [0, 0.05) is 25.8 Å². The summed E-state index contributed by atoms with van der Waals surface area (Å²) in [6, 6.07) is 2.03. The molecule has 0 aliphatic carbocycles. The van der Waals surface area contributed by atoms with Crippen LogP contribution in [0.5, 0.6) is 0 Å². The first-order valence-corrected chi connectivity index (χ1v) is 6.03. The molecule has 0 saturated carbocycles. The Balaban J connectivity index is 1.97. The van der Waals surface area contributed by atoms with E-state index < -0.39 is 0 Å². The van der Waals surface area contributed by atoms with Gasteiger partial charge in [-0.1, -0.05) is 19.0 Å². The van der Waals surface area contributed by atoms with Crippen LogP contribution in [-0.4, -0.2) is 30.0 Å². The van der Waals surface area contributed by atoms with Crippen molar-refractivity contribution in [2.45, 2.75) is 32.6 Å². The minimum atomic E-state index is 0.307. The molecule has 1 aromatic rings. The smallest absolute Gasteiger partial charge is 0.227 e. The summed E-state index contributed by atoms with van der Waals surface area (Å²) in [5.74, 6) is 1.75. The van der Waals surface area contributed by atoms with E-state index in [9.17, 15) is 0 Å². The molecule has 16 heavy (non-hydrogen) atoms. The fourth-order valence-corrected chi connectivity index (χ4v) is 2.04. The van der Waals surface area contributed by atoms with Crippen LogP contribution in [0.15, 0.2) is 10.6 Å². The van der Waals surface area contributed by atoms with Gasteiger partial charge in [0.1, 0.15) is 0 Å². The lowest BCUT2D eigenvalue weighted by Gasteiger charge is -2.30. The Morgan fingerprint density at radius 3 is 2.69 bits per heavy atom. The summed E-state index contributed by atoms with van der Waals surface area (Å²) >= 11 is 0. The van der Waals surface area contributed by atoms with E-state index >= 15 is 0 Å². The van der Waals surface area contributed by atoms with Gasteiger partial charge in [0.05, 0.1) is 5.69 Å². The maximum Gasteiger partial charge on any atom is 0.227 e. The second kappa shape index (κ2) is 4.87. The van der Waals surface area contributed by atoms with Crippen LogP contribution in [0.3, 0.4) is 0 Å². The van der Waals surface area contributed by atoms with Crippen LogP contribution in [-0.2, 0) is 0 Å². The van der Waals surface area contributed by atoms with Crippen molar-refractivity contribution in [2.75, 3.05) is 24.6 Å². The van der Waals surface area contributed by atoms with Gasteiger partial charge in [0.15, 0.2) is 0 Å². The molecule has 1 aliphatic heterocycles. The van der Waals surface area contributed by atoms with E-state index in [1.807, 2.05) is 6.07 Å². The van der Waals surface area contributed by atoms with Crippen molar-refractivity contribution in [3.05, 3.63) is 11.8 Å². The van der Waals surface area contributed by atoms with E-state index in [0.717, 1.165) is 37.5 Å². The van der Waals surface area contributed by atoms with Crippen LogP contribution in [0, 0.1) is 5.92 Å². The molecule has 0 spiro atoms. The summed E-state index contributed by atoms with van der Waals surface area (Å²) in [7, 11) is 0. The average Bonchev–Trinajstić information content (AvgIpc) is 2.78. The zero-order valence-corrected chi connectivity index (χ0v) is 10.0. The SMILES string of the molecule is CC(C)c1cc(N2CCC(CO)CC2)on1. The fourth-order valence-electron chi connectivity index (χ4n) is 2.04. The van der Waals surface area contributed by atoms with Gasteiger partial charge >= 0.3 is 0 Å². The van der Waals surface area contributed by atoms with Gasteiger partial charge in [0.2, 0.25) is 5.88 Å². The van der Waals surface area contributed by atoms with Gasteiger partial charge in [0.25, 0.3) is 0 Å². The summed E-state index contributed by atoms with van der Waals surface area (Å²) in [6.07, 6.45) is 2.07. The van der Waals surface area contributed by atoms with E-state index in [1.54, 1.807) is 0 Å². The van der Waals surface area contributed by atoms with E-state index in [0.29, 0.717) is 18.4 Å². The molecule has 1 saturated heterocycles. The van der Waals surface area contributed by atoms with E-state index in [1.165, 1.54) is 0 Å². The second-order valence-electron chi connectivity index (χ2n) is 4.86. The molecule has 4 nitrogen and oxygen atoms in total. The normalized spacial score (nSPS) is 18.4. The maximum atomic E-state index is 9.07. The van der Waals surface area contributed by atoms with Crippen molar-refractivity contribution in [2.24, 2.45) is 5.92 Å². The zero-order valence-electron chi connectivity index (χ0n) is 10.0. The van der Waals surface area contributed by atoms with Gasteiger partial charge in [-0.25, -0.2) is 0 Å². The standard InChI is InChI=1S/C12H20N2O2/c1-9(2)11-7-12(16-13-11)14-5-3-10(8-15)4-6-14/h7,9-10,15H,3-6,8H2,1-2H3. The Hall–Kier alpha value is -1.03. The monoisotopic (exact) mass is 224 g/mol. The predicted molar refractivity (Wildman–Crippen MR) is 62.6 cm³/mol. The summed E-state index contributed by atoms with van der Waals surface area (Å²) in [6.45, 7) is 6.44. The van der Waals surface area contributed by atoms with Crippen molar-refractivity contribution >= 4 is 5.88 Å². The first kappa shape index (κ1) is 11.5. The molecular weight excluding hydrogens is 204 g/mol. The molecule has 1 N–H and O–H groups in total. The molecule has 1 aliphatic rings. The lowest BCUT2D eigenvalue weighted by molar-refractivity contribution is 0.201. The van der Waals surface area contributed by atoms with E-state index in [-0.39, 0.29) is 0 Å². The molecule has 2 heterocycles. The van der Waals surface area contributed by atoms with Crippen LogP contribution in [0.4, 0.5) is 5.88 Å². The van der Waals surface area contributed by atoms with Crippen molar-refractivity contribution in [3.8, 4) is 0 Å². The molecular formula is C12H20N2O2. The van der Waals surface area contributed by atoms with Gasteiger partial charge < -0.3 is 14.5 Å². The van der Waals surface area contributed by atoms with Gasteiger partial charge in [-0.2, -0.15) is 0 Å². The van der Waals surface area contributed by atoms with Crippen molar-refractivity contribution < 1.29 is 9.63 Å². The third-order valence-electron chi connectivity index (χ3n) is 3.29. The number of aliphatic hydroxyl groups excluding tert-OH is 1. The minimum Gasteiger partial charge on any atom is -0.396 e. The topological polar surface area (TPSA) is 49.5 Å². The quantitative estimate of drug-likeness (QED) is 0.853. The predicted octanol–water partition coefficient (Wildman–Crippen LogP) is 2.01. The number of hydrogen-bond acceptors (Lipinski definition) is 4. The molecule has 1 fully saturated rings. The van der Waals surface area contributed by atoms with E-state index in [2.05, 4.69) is 23.9 Å². The molecule has 4 heteroatoms. The van der Waals surface area contributed by atoms with Crippen molar-refractivity contribution in [1.82, 2.24) is 5.16 Å². The maximum absolute atomic E-state index is 9.07. The Morgan fingerprint density at radius 1 is 1.50 bits per heavy atom. The number of anilines is 1. The van der Waals surface area contributed by atoms with Crippen molar-refractivity contribution in [1.29, 1.82) is 0 Å². The minimum absolute atomic E-state index is 0.307. The third kappa shape index (κ3) is 2.38. The highest BCUT2D eigenvalue weighted by molar-refractivity contribution is 5.37. The summed E-state index contributed by atoms with van der Waals surface area (Å²) < 4.78 is 5.35. The molecule has 90 valence electrons. The number of piperidine rings is 1. The Morgan fingerprint density at radius 2 is 2.19 bits per heavy atom. The highest BCUT2D eigenvalue weighted by Gasteiger charge is 2.21. The lowest BCUT2D eigenvalue weighted by Crippen LogP contribution is -2.34. The summed E-state index contributed by atoms with van der Waals surface area (Å²) in [5, 5.41) is 13.1. The van der Waals surface area contributed by atoms with Crippen LogP contribution in [0.1, 0.15) is 38.3 Å². The highest BCUT2D eigenvalue weighted by atomic mass is 16.5. The first-order chi connectivity index (χ1) is 7.70. The molecule has 2 rings (SSSR count). The number of rotatable bonds is 3. The molecule has 0 radical (unpaired) electrons. The molecule has 1 aromatic heterocycles. The van der Waals surface area contributed by atoms with Crippen LogP contribution >= 0.6 is 0 Å². The first-order valence-electron chi connectivity index (χ1n) is 6.03. The van der Waals surface area contributed by atoms with Crippen LogP contribution in [0.2, 0.25) is 0 Å². The summed E-state index contributed by atoms with van der Waals surface area (Å²) in [5.41, 5.74) is 1.01. The Kier molecular flexibility index (Phi) is 3.49. The van der Waals surface area contributed by atoms with E-state index in [4.69, 9.17) is 9.63 Å². The zero-order chi connectivity index (χ0) is 11.5. The number of aliphatic hydroxyl groups is 1. The highest BCUT2D eigenvalue weighted by Crippen LogP contribution is 2.25. The number of hydrogen-bond donors (Lipinski definition) is 1. The van der Waals surface area contributed by atoms with Crippen LogP contribution in [0.25, 0.3) is 0 Å². The third-order valence-corrected chi connectivity index (χ3v) is 3.29. The molecule has 0 aromatic carbocycles. The number of nitrogens with zero attached hydrogens (tertiary/aromatic N) is 2. The fraction of sp³-hybridized carbons (Fsp3) is 0.750. The molecule has 0 atom stereocenters. The Bertz CT molecular complexity index is 328. The molecule has 0 bridgehead atoms. The van der Waals surface area contributed by atoms with Gasteiger partial charge in [-0.05, 0) is 24.7 Å².